The van der Waals surface area contributed by atoms with Crippen LogP contribution in [0.2, 0.25) is 0 Å². The molecular formula is C11H17FN2. The van der Waals surface area contributed by atoms with E-state index in [0.29, 0.717) is 12.1 Å². The Morgan fingerprint density at radius 1 is 1.43 bits per heavy atom. The molecule has 0 bridgehead atoms. The van der Waals surface area contributed by atoms with Crippen molar-refractivity contribution in [3.63, 3.8) is 0 Å². The summed E-state index contributed by atoms with van der Waals surface area (Å²) in [5, 5.41) is 3.15. The Morgan fingerprint density at radius 2 is 2.14 bits per heavy atom. The predicted molar refractivity (Wildman–Crippen MR) is 56.4 cm³/mol. The highest BCUT2D eigenvalue weighted by molar-refractivity contribution is 5.16. The van der Waals surface area contributed by atoms with Crippen LogP contribution in [-0.2, 0) is 6.54 Å². The third-order valence-electron chi connectivity index (χ3n) is 2.05. The number of hydrogen-bond acceptors (Lipinski definition) is 2. The number of halogens is 1. The first-order chi connectivity index (χ1) is 6.70. The van der Waals surface area contributed by atoms with Gasteiger partial charge >= 0.3 is 0 Å². The molecule has 0 aliphatic rings. The molecule has 0 amide bonds. The molecule has 1 atom stereocenters. The fourth-order valence-corrected chi connectivity index (χ4v) is 1.19. The number of nitrogens with one attached hydrogen (secondary N) is 1. The Bertz CT molecular complexity index is 274. The lowest BCUT2D eigenvalue weighted by molar-refractivity contribution is 0.562. The maximum Gasteiger partial charge on any atom is 0.127 e. The van der Waals surface area contributed by atoms with E-state index >= 15 is 0 Å². The average molecular weight is 196 g/mol. The third kappa shape index (κ3) is 3.85. The van der Waals surface area contributed by atoms with Crippen LogP contribution in [0.25, 0.3) is 0 Å². The molecular weight excluding hydrogens is 179 g/mol. The van der Waals surface area contributed by atoms with Crippen molar-refractivity contribution in [3.8, 4) is 0 Å². The number of benzene rings is 1. The molecule has 0 aromatic heterocycles. The zero-order valence-electron chi connectivity index (χ0n) is 8.46. The Morgan fingerprint density at radius 3 is 2.79 bits per heavy atom. The topological polar surface area (TPSA) is 38.0 Å². The Balaban J connectivity index is 2.28. The van der Waals surface area contributed by atoms with Gasteiger partial charge in [-0.15, -0.1) is 0 Å². The first-order valence-electron chi connectivity index (χ1n) is 4.90. The van der Waals surface area contributed by atoms with E-state index in [0.717, 1.165) is 13.0 Å². The third-order valence-corrected chi connectivity index (χ3v) is 2.05. The summed E-state index contributed by atoms with van der Waals surface area (Å²) in [6.07, 6.45) is 0.911. The second-order valence-electron chi connectivity index (χ2n) is 3.53. The van der Waals surface area contributed by atoms with E-state index in [1.54, 1.807) is 12.1 Å². The fourth-order valence-electron chi connectivity index (χ4n) is 1.19. The van der Waals surface area contributed by atoms with E-state index in [9.17, 15) is 4.39 Å². The van der Waals surface area contributed by atoms with Crippen LogP contribution in [0.1, 0.15) is 18.9 Å². The summed E-state index contributed by atoms with van der Waals surface area (Å²) in [4.78, 5) is 0. The zero-order valence-corrected chi connectivity index (χ0v) is 8.46. The van der Waals surface area contributed by atoms with Gasteiger partial charge in [-0.3, -0.25) is 0 Å². The SMILES string of the molecule is CC(N)CCNCc1ccccc1F. The van der Waals surface area contributed by atoms with Gasteiger partial charge in [0.25, 0.3) is 0 Å². The second-order valence-corrected chi connectivity index (χ2v) is 3.53. The molecule has 0 aliphatic carbocycles. The largest absolute Gasteiger partial charge is 0.328 e. The van der Waals surface area contributed by atoms with E-state index < -0.39 is 0 Å². The van der Waals surface area contributed by atoms with Gasteiger partial charge in [0, 0.05) is 18.2 Å². The van der Waals surface area contributed by atoms with Crippen LogP contribution in [0.15, 0.2) is 24.3 Å². The lowest BCUT2D eigenvalue weighted by Gasteiger charge is -2.07. The van der Waals surface area contributed by atoms with Gasteiger partial charge in [-0.2, -0.15) is 0 Å². The van der Waals surface area contributed by atoms with Crippen molar-refractivity contribution in [1.82, 2.24) is 5.32 Å². The van der Waals surface area contributed by atoms with Crippen molar-refractivity contribution in [2.45, 2.75) is 25.9 Å². The van der Waals surface area contributed by atoms with Crippen molar-refractivity contribution in [1.29, 1.82) is 0 Å². The van der Waals surface area contributed by atoms with E-state index in [4.69, 9.17) is 5.73 Å². The molecule has 1 aromatic carbocycles. The molecule has 1 unspecified atom stereocenters. The van der Waals surface area contributed by atoms with Crippen molar-refractivity contribution in [2.24, 2.45) is 5.73 Å². The van der Waals surface area contributed by atoms with Gasteiger partial charge in [-0.05, 0) is 26.0 Å². The van der Waals surface area contributed by atoms with Crippen LogP contribution in [0.3, 0.4) is 0 Å². The summed E-state index contributed by atoms with van der Waals surface area (Å²) in [5.41, 5.74) is 6.29. The Hall–Kier alpha value is -0.930. The minimum absolute atomic E-state index is 0.152. The van der Waals surface area contributed by atoms with Crippen molar-refractivity contribution in [2.75, 3.05) is 6.54 Å². The molecule has 3 heteroatoms. The van der Waals surface area contributed by atoms with Crippen LogP contribution < -0.4 is 11.1 Å². The molecule has 1 aromatic rings. The van der Waals surface area contributed by atoms with Gasteiger partial charge in [0.2, 0.25) is 0 Å². The van der Waals surface area contributed by atoms with Crippen molar-refractivity contribution in [3.05, 3.63) is 35.6 Å². The van der Waals surface area contributed by atoms with Crippen molar-refractivity contribution < 1.29 is 4.39 Å². The Kier molecular flexibility index (Phi) is 4.56. The molecule has 0 saturated heterocycles. The van der Waals surface area contributed by atoms with E-state index in [2.05, 4.69) is 5.32 Å². The van der Waals surface area contributed by atoms with Crippen LogP contribution >= 0.6 is 0 Å². The molecule has 78 valence electrons. The fraction of sp³-hybridized carbons (Fsp3) is 0.455. The smallest absolute Gasteiger partial charge is 0.127 e. The van der Waals surface area contributed by atoms with Crippen LogP contribution in [0, 0.1) is 5.82 Å². The van der Waals surface area contributed by atoms with E-state index in [1.807, 2.05) is 13.0 Å². The number of rotatable bonds is 5. The summed E-state index contributed by atoms with van der Waals surface area (Å²) in [7, 11) is 0. The highest BCUT2D eigenvalue weighted by Gasteiger charge is 1.99. The minimum Gasteiger partial charge on any atom is -0.328 e. The number of hydrogen-bond donors (Lipinski definition) is 2. The van der Waals surface area contributed by atoms with Gasteiger partial charge in [-0.1, -0.05) is 18.2 Å². The molecule has 0 heterocycles. The van der Waals surface area contributed by atoms with Gasteiger partial charge in [0.15, 0.2) is 0 Å². The van der Waals surface area contributed by atoms with Crippen molar-refractivity contribution >= 4 is 0 Å². The van der Waals surface area contributed by atoms with E-state index in [-0.39, 0.29) is 11.9 Å². The minimum atomic E-state index is -0.152. The molecule has 0 radical (unpaired) electrons. The molecule has 14 heavy (non-hydrogen) atoms. The standard InChI is InChI=1S/C11H17FN2/c1-9(13)6-7-14-8-10-4-2-3-5-11(10)12/h2-5,9,14H,6-8,13H2,1H3. The van der Waals surface area contributed by atoms with Crippen LogP contribution in [0.4, 0.5) is 4.39 Å². The zero-order chi connectivity index (χ0) is 10.4. The van der Waals surface area contributed by atoms with Crippen LogP contribution in [0.5, 0.6) is 0 Å². The highest BCUT2D eigenvalue weighted by Crippen LogP contribution is 2.05. The monoisotopic (exact) mass is 196 g/mol. The molecule has 0 fully saturated rings. The predicted octanol–water partition coefficient (Wildman–Crippen LogP) is 1.65. The Labute approximate surface area is 84.3 Å². The van der Waals surface area contributed by atoms with Gasteiger partial charge < -0.3 is 11.1 Å². The highest BCUT2D eigenvalue weighted by atomic mass is 19.1. The van der Waals surface area contributed by atoms with Gasteiger partial charge in [-0.25, -0.2) is 4.39 Å². The molecule has 0 spiro atoms. The van der Waals surface area contributed by atoms with Gasteiger partial charge in [0.1, 0.15) is 5.82 Å². The molecule has 3 N–H and O–H groups in total. The second kappa shape index (κ2) is 5.73. The van der Waals surface area contributed by atoms with E-state index in [1.165, 1.54) is 6.07 Å². The maximum atomic E-state index is 13.1. The molecule has 1 rings (SSSR count). The van der Waals surface area contributed by atoms with Gasteiger partial charge in [0.05, 0.1) is 0 Å². The van der Waals surface area contributed by atoms with Crippen LogP contribution in [-0.4, -0.2) is 12.6 Å². The summed E-state index contributed by atoms with van der Waals surface area (Å²) in [6, 6.07) is 6.99. The first-order valence-corrected chi connectivity index (χ1v) is 4.90. The summed E-state index contributed by atoms with van der Waals surface area (Å²) in [6.45, 7) is 3.36. The quantitative estimate of drug-likeness (QED) is 0.703. The molecule has 0 aliphatic heterocycles. The lowest BCUT2D eigenvalue weighted by Crippen LogP contribution is -2.23. The summed E-state index contributed by atoms with van der Waals surface area (Å²) >= 11 is 0. The molecule has 2 nitrogen and oxygen atoms in total. The normalized spacial score (nSPS) is 12.8. The average Bonchev–Trinajstić information content (AvgIpc) is 2.15. The summed E-state index contributed by atoms with van der Waals surface area (Å²) in [5.74, 6) is -0.152. The lowest BCUT2D eigenvalue weighted by atomic mass is 10.2. The first kappa shape index (κ1) is 11.1. The number of nitrogens with two attached hydrogens (primary N) is 1. The summed E-state index contributed by atoms with van der Waals surface area (Å²) < 4.78 is 13.1. The molecule has 0 saturated carbocycles. The maximum absolute atomic E-state index is 13.1.